The van der Waals surface area contributed by atoms with Crippen LogP contribution in [-0.4, -0.2) is 31.3 Å². The Kier molecular flexibility index (Phi) is 5.47. The van der Waals surface area contributed by atoms with Crippen LogP contribution in [0.3, 0.4) is 0 Å². The number of hydrogen-bond acceptors (Lipinski definition) is 4. The fourth-order valence-corrected chi connectivity index (χ4v) is 2.32. The minimum absolute atomic E-state index is 0.00547. The maximum absolute atomic E-state index is 12.0. The molecule has 0 spiro atoms. The van der Waals surface area contributed by atoms with Gasteiger partial charge < -0.3 is 10.0 Å². The number of phenolic OH excluding ortho intramolecular Hbond substituents is 1. The molecule has 23 heavy (non-hydrogen) atoms. The van der Waals surface area contributed by atoms with Gasteiger partial charge in [0.25, 0.3) is 5.91 Å². The number of carbonyl (C=O) groups excluding carboxylic acids is 1. The molecule has 0 atom stereocenters. The van der Waals surface area contributed by atoms with Gasteiger partial charge in [-0.1, -0.05) is 35.3 Å². The first-order chi connectivity index (χ1) is 10.9. The van der Waals surface area contributed by atoms with E-state index in [-0.39, 0.29) is 21.4 Å². The van der Waals surface area contributed by atoms with Crippen LogP contribution in [0.5, 0.6) is 5.75 Å². The fourth-order valence-electron chi connectivity index (χ4n) is 1.82. The van der Waals surface area contributed by atoms with Crippen molar-refractivity contribution >= 4 is 41.0 Å². The summed E-state index contributed by atoms with van der Waals surface area (Å²) < 4.78 is 0. The third-order valence-electron chi connectivity index (χ3n) is 3.06. The zero-order valence-electron chi connectivity index (χ0n) is 12.5. The lowest BCUT2D eigenvalue weighted by atomic mass is 10.2. The Bertz CT molecular complexity index is 744. The number of phenols is 1. The number of benzene rings is 2. The van der Waals surface area contributed by atoms with Crippen molar-refractivity contribution in [3.63, 3.8) is 0 Å². The highest BCUT2D eigenvalue weighted by atomic mass is 35.5. The minimum Gasteiger partial charge on any atom is -0.506 e. The minimum atomic E-state index is -0.604. The van der Waals surface area contributed by atoms with Gasteiger partial charge in [-0.25, -0.2) is 5.43 Å². The first-order valence-corrected chi connectivity index (χ1v) is 7.43. The summed E-state index contributed by atoms with van der Waals surface area (Å²) in [7, 11) is 3.90. The first-order valence-electron chi connectivity index (χ1n) is 6.67. The maximum Gasteiger partial charge on any atom is 0.275 e. The molecule has 120 valence electrons. The Hall–Kier alpha value is -2.24. The number of rotatable bonds is 4. The summed E-state index contributed by atoms with van der Waals surface area (Å²) in [6.45, 7) is 0. The molecule has 0 heterocycles. The van der Waals surface area contributed by atoms with E-state index < -0.39 is 5.91 Å². The Balaban J connectivity index is 2.07. The number of anilines is 1. The number of nitrogens with one attached hydrogen (secondary N) is 1. The Labute approximate surface area is 144 Å². The van der Waals surface area contributed by atoms with Crippen molar-refractivity contribution in [2.75, 3.05) is 19.0 Å². The van der Waals surface area contributed by atoms with Gasteiger partial charge in [-0.05, 0) is 29.8 Å². The van der Waals surface area contributed by atoms with Gasteiger partial charge in [-0.15, -0.1) is 0 Å². The molecule has 2 aromatic rings. The van der Waals surface area contributed by atoms with E-state index in [9.17, 15) is 9.90 Å². The van der Waals surface area contributed by atoms with E-state index >= 15 is 0 Å². The molecule has 0 aliphatic rings. The van der Waals surface area contributed by atoms with Gasteiger partial charge in [0.1, 0.15) is 5.75 Å². The molecule has 2 rings (SSSR count). The van der Waals surface area contributed by atoms with Crippen LogP contribution in [0.4, 0.5) is 5.69 Å². The lowest BCUT2D eigenvalue weighted by Gasteiger charge is -2.11. The molecule has 0 saturated heterocycles. The Morgan fingerprint density at radius 3 is 2.48 bits per heavy atom. The summed E-state index contributed by atoms with van der Waals surface area (Å²) >= 11 is 11.6. The molecule has 2 N–H and O–H groups in total. The molecule has 7 heteroatoms. The molecule has 2 aromatic carbocycles. The number of amides is 1. The second-order valence-electron chi connectivity index (χ2n) is 4.97. The zero-order chi connectivity index (χ0) is 17.0. The summed E-state index contributed by atoms with van der Waals surface area (Å²) in [5.74, 6) is -0.938. The van der Waals surface area contributed by atoms with Gasteiger partial charge in [0, 0.05) is 24.8 Å². The maximum atomic E-state index is 12.0. The molecule has 0 saturated carbocycles. The standard InChI is InChI=1S/C16H15Cl2N3O2/c1-21(2)12-5-3-10(4-6-12)9-19-20-16(23)13-7-11(17)8-14(18)15(13)22/h3-9,22H,1-2H3,(H,20,23). The van der Waals surface area contributed by atoms with E-state index in [0.717, 1.165) is 11.3 Å². The van der Waals surface area contributed by atoms with Gasteiger partial charge in [0.15, 0.2) is 0 Å². The smallest absolute Gasteiger partial charge is 0.275 e. The summed E-state index contributed by atoms with van der Waals surface area (Å²) in [6.07, 6.45) is 1.50. The highest BCUT2D eigenvalue weighted by Gasteiger charge is 2.14. The van der Waals surface area contributed by atoms with Crippen LogP contribution in [0, 0.1) is 0 Å². The average molecular weight is 352 g/mol. The molecule has 0 radical (unpaired) electrons. The van der Waals surface area contributed by atoms with Crippen LogP contribution in [0.25, 0.3) is 0 Å². The lowest BCUT2D eigenvalue weighted by molar-refractivity contribution is 0.0952. The largest absolute Gasteiger partial charge is 0.506 e. The summed E-state index contributed by atoms with van der Waals surface area (Å²) in [5, 5.41) is 13.9. The number of hydrogen-bond donors (Lipinski definition) is 2. The molecule has 0 bridgehead atoms. The molecular weight excluding hydrogens is 337 g/mol. The van der Waals surface area contributed by atoms with Crippen molar-refractivity contribution in [1.29, 1.82) is 0 Å². The third-order valence-corrected chi connectivity index (χ3v) is 3.57. The van der Waals surface area contributed by atoms with Crippen LogP contribution < -0.4 is 10.3 Å². The van der Waals surface area contributed by atoms with Crippen LogP contribution in [0.1, 0.15) is 15.9 Å². The molecule has 0 aromatic heterocycles. The summed E-state index contributed by atoms with van der Waals surface area (Å²) in [4.78, 5) is 14.0. The lowest BCUT2D eigenvalue weighted by Crippen LogP contribution is -2.17. The van der Waals surface area contributed by atoms with Crippen LogP contribution in [0.15, 0.2) is 41.5 Å². The zero-order valence-corrected chi connectivity index (χ0v) is 14.1. The normalized spacial score (nSPS) is 10.8. The first kappa shape index (κ1) is 17.1. The van der Waals surface area contributed by atoms with Gasteiger partial charge in [-0.2, -0.15) is 5.10 Å². The van der Waals surface area contributed by atoms with Crippen molar-refractivity contribution in [3.8, 4) is 5.75 Å². The highest BCUT2D eigenvalue weighted by molar-refractivity contribution is 6.36. The van der Waals surface area contributed by atoms with E-state index in [1.54, 1.807) is 0 Å². The second-order valence-corrected chi connectivity index (χ2v) is 5.81. The van der Waals surface area contributed by atoms with E-state index in [0.29, 0.717) is 0 Å². The monoisotopic (exact) mass is 351 g/mol. The van der Waals surface area contributed by atoms with E-state index in [1.165, 1.54) is 18.3 Å². The molecule has 0 aliphatic heterocycles. The molecule has 0 fully saturated rings. The predicted molar refractivity (Wildman–Crippen MR) is 94.0 cm³/mol. The molecule has 0 unspecified atom stereocenters. The van der Waals surface area contributed by atoms with Crippen molar-refractivity contribution in [2.24, 2.45) is 5.10 Å². The molecule has 5 nitrogen and oxygen atoms in total. The average Bonchev–Trinajstić information content (AvgIpc) is 2.51. The molecule has 0 aliphatic carbocycles. The topological polar surface area (TPSA) is 64.9 Å². The van der Waals surface area contributed by atoms with Crippen LogP contribution in [0.2, 0.25) is 10.0 Å². The SMILES string of the molecule is CN(C)c1ccc(C=NNC(=O)c2cc(Cl)cc(Cl)c2O)cc1. The highest BCUT2D eigenvalue weighted by Crippen LogP contribution is 2.30. The van der Waals surface area contributed by atoms with Crippen molar-refractivity contribution in [2.45, 2.75) is 0 Å². The van der Waals surface area contributed by atoms with Gasteiger partial charge in [0.2, 0.25) is 0 Å². The van der Waals surface area contributed by atoms with Gasteiger partial charge in [0.05, 0.1) is 16.8 Å². The van der Waals surface area contributed by atoms with E-state index in [4.69, 9.17) is 23.2 Å². The quantitative estimate of drug-likeness (QED) is 0.654. The van der Waals surface area contributed by atoms with Crippen molar-refractivity contribution in [3.05, 3.63) is 57.6 Å². The number of aromatic hydroxyl groups is 1. The number of carbonyl (C=O) groups is 1. The van der Waals surface area contributed by atoms with Crippen LogP contribution >= 0.6 is 23.2 Å². The second kappa shape index (κ2) is 7.35. The Morgan fingerprint density at radius 1 is 1.22 bits per heavy atom. The van der Waals surface area contributed by atoms with Crippen molar-refractivity contribution < 1.29 is 9.90 Å². The number of hydrazone groups is 1. The van der Waals surface area contributed by atoms with Crippen molar-refractivity contribution in [1.82, 2.24) is 5.43 Å². The van der Waals surface area contributed by atoms with Gasteiger partial charge in [-0.3, -0.25) is 4.79 Å². The number of halogens is 2. The van der Waals surface area contributed by atoms with Crippen LogP contribution in [-0.2, 0) is 0 Å². The number of nitrogens with zero attached hydrogens (tertiary/aromatic N) is 2. The summed E-state index contributed by atoms with van der Waals surface area (Å²) in [5.41, 5.74) is 4.17. The summed E-state index contributed by atoms with van der Waals surface area (Å²) in [6, 6.07) is 10.3. The molecule has 1 amide bonds. The third kappa shape index (κ3) is 4.37. The van der Waals surface area contributed by atoms with Gasteiger partial charge >= 0.3 is 0 Å². The fraction of sp³-hybridized carbons (Fsp3) is 0.125. The predicted octanol–water partition coefficient (Wildman–Crippen LogP) is 3.53. The Morgan fingerprint density at radius 2 is 1.87 bits per heavy atom. The van der Waals surface area contributed by atoms with E-state index in [1.807, 2.05) is 43.3 Å². The molecular formula is C16H15Cl2N3O2. The van der Waals surface area contributed by atoms with E-state index in [2.05, 4.69) is 10.5 Å².